The molecule has 0 saturated carbocycles. The van der Waals surface area contributed by atoms with Gasteiger partial charge in [0.1, 0.15) is 23.9 Å². The van der Waals surface area contributed by atoms with E-state index in [0.29, 0.717) is 39.1 Å². The van der Waals surface area contributed by atoms with Crippen molar-refractivity contribution in [3.05, 3.63) is 53.0 Å². The zero-order valence-electron chi connectivity index (χ0n) is 15.2. The van der Waals surface area contributed by atoms with Crippen molar-refractivity contribution in [3.8, 4) is 5.75 Å². The zero-order chi connectivity index (χ0) is 18.5. The van der Waals surface area contributed by atoms with E-state index >= 15 is 0 Å². The number of nitrogens with one attached hydrogen (secondary N) is 1. The molecule has 1 aromatic heterocycles. The number of carbonyl (C=O) groups is 2. The summed E-state index contributed by atoms with van der Waals surface area (Å²) in [5.41, 5.74) is 2.04. The van der Waals surface area contributed by atoms with Gasteiger partial charge >= 0.3 is 0 Å². The van der Waals surface area contributed by atoms with Crippen molar-refractivity contribution in [1.29, 1.82) is 0 Å². The molecule has 0 atom stereocenters. The predicted octanol–water partition coefficient (Wildman–Crippen LogP) is 2.58. The van der Waals surface area contributed by atoms with Crippen LogP contribution in [0.4, 0.5) is 0 Å². The normalized spacial score (nSPS) is 13.5. The van der Waals surface area contributed by atoms with Crippen LogP contribution < -0.4 is 10.1 Å². The van der Waals surface area contributed by atoms with Crippen molar-refractivity contribution >= 4 is 11.8 Å². The van der Waals surface area contributed by atoms with Crippen molar-refractivity contribution in [3.63, 3.8) is 0 Å². The first-order chi connectivity index (χ1) is 12.5. The SMILES string of the molecule is CC(=O)N1CCOc2ccc(CCC(=O)NCc3ccc(C)o3)cc2C1. The maximum atomic E-state index is 12.1. The average Bonchev–Trinajstić information content (AvgIpc) is 2.91. The van der Waals surface area contributed by atoms with Gasteiger partial charge in [-0.2, -0.15) is 0 Å². The van der Waals surface area contributed by atoms with Crippen molar-refractivity contribution in [2.24, 2.45) is 0 Å². The van der Waals surface area contributed by atoms with E-state index in [1.54, 1.807) is 11.8 Å². The summed E-state index contributed by atoms with van der Waals surface area (Å²) in [4.78, 5) is 25.5. The smallest absolute Gasteiger partial charge is 0.220 e. The summed E-state index contributed by atoms with van der Waals surface area (Å²) in [6.45, 7) is 5.48. The van der Waals surface area contributed by atoms with Gasteiger partial charge in [0.05, 0.1) is 13.1 Å². The molecule has 3 rings (SSSR count). The summed E-state index contributed by atoms with van der Waals surface area (Å²) >= 11 is 0. The molecule has 138 valence electrons. The van der Waals surface area contributed by atoms with Crippen LogP contribution in [0.5, 0.6) is 5.75 Å². The maximum Gasteiger partial charge on any atom is 0.220 e. The number of carbonyl (C=O) groups excluding carboxylic acids is 2. The van der Waals surface area contributed by atoms with Gasteiger partial charge in [-0.1, -0.05) is 12.1 Å². The molecule has 0 aliphatic carbocycles. The van der Waals surface area contributed by atoms with Gasteiger partial charge in [0.2, 0.25) is 11.8 Å². The molecular weight excluding hydrogens is 332 g/mol. The van der Waals surface area contributed by atoms with Gasteiger partial charge < -0.3 is 19.4 Å². The number of hydrogen-bond donors (Lipinski definition) is 1. The predicted molar refractivity (Wildman–Crippen MR) is 96.6 cm³/mol. The third-order valence-corrected chi connectivity index (χ3v) is 4.45. The van der Waals surface area contributed by atoms with Gasteiger partial charge in [-0.15, -0.1) is 0 Å². The molecule has 0 radical (unpaired) electrons. The van der Waals surface area contributed by atoms with Crippen molar-refractivity contribution in [2.75, 3.05) is 13.2 Å². The Balaban J connectivity index is 1.55. The first-order valence-corrected chi connectivity index (χ1v) is 8.83. The van der Waals surface area contributed by atoms with E-state index in [2.05, 4.69) is 5.32 Å². The highest BCUT2D eigenvalue weighted by molar-refractivity contribution is 5.76. The van der Waals surface area contributed by atoms with Crippen LogP contribution in [0.15, 0.2) is 34.7 Å². The van der Waals surface area contributed by atoms with E-state index in [4.69, 9.17) is 9.15 Å². The van der Waals surface area contributed by atoms with Gasteiger partial charge in [0.15, 0.2) is 0 Å². The second-order valence-electron chi connectivity index (χ2n) is 6.52. The minimum absolute atomic E-state index is 0.0180. The van der Waals surface area contributed by atoms with Gasteiger partial charge in [-0.05, 0) is 37.1 Å². The molecule has 6 heteroatoms. The van der Waals surface area contributed by atoms with Crippen LogP contribution in [0, 0.1) is 6.92 Å². The van der Waals surface area contributed by atoms with Gasteiger partial charge in [0, 0.05) is 25.5 Å². The van der Waals surface area contributed by atoms with Crippen LogP contribution in [0.3, 0.4) is 0 Å². The molecule has 0 spiro atoms. The Hall–Kier alpha value is -2.76. The highest BCUT2D eigenvalue weighted by Crippen LogP contribution is 2.25. The number of hydrogen-bond acceptors (Lipinski definition) is 4. The summed E-state index contributed by atoms with van der Waals surface area (Å²) in [5.74, 6) is 2.42. The maximum absolute atomic E-state index is 12.1. The summed E-state index contributed by atoms with van der Waals surface area (Å²) in [6, 6.07) is 9.68. The summed E-state index contributed by atoms with van der Waals surface area (Å²) < 4.78 is 11.2. The summed E-state index contributed by atoms with van der Waals surface area (Å²) in [5, 5.41) is 2.87. The second-order valence-corrected chi connectivity index (χ2v) is 6.52. The minimum atomic E-state index is -0.0180. The fourth-order valence-corrected chi connectivity index (χ4v) is 2.98. The number of nitrogens with zero attached hydrogens (tertiary/aromatic N) is 1. The molecule has 1 N–H and O–H groups in total. The van der Waals surface area contributed by atoms with Crippen molar-refractivity contribution < 1.29 is 18.7 Å². The largest absolute Gasteiger partial charge is 0.491 e. The third kappa shape index (κ3) is 4.65. The standard InChI is InChI=1S/C20H24N2O4/c1-14-3-6-18(26-14)12-21-20(24)8-5-16-4-7-19-17(11-16)13-22(15(2)23)9-10-25-19/h3-4,6-7,11H,5,8-10,12-13H2,1-2H3,(H,21,24). The Morgan fingerprint density at radius 2 is 2.08 bits per heavy atom. The molecule has 0 unspecified atom stereocenters. The molecule has 6 nitrogen and oxygen atoms in total. The molecule has 1 aliphatic rings. The van der Waals surface area contributed by atoms with Gasteiger partial charge in [-0.3, -0.25) is 9.59 Å². The molecule has 0 saturated heterocycles. The lowest BCUT2D eigenvalue weighted by Crippen LogP contribution is -2.30. The number of furan rings is 1. The number of amides is 2. The summed E-state index contributed by atoms with van der Waals surface area (Å²) in [7, 11) is 0. The zero-order valence-corrected chi connectivity index (χ0v) is 15.2. The van der Waals surface area contributed by atoms with E-state index in [-0.39, 0.29) is 11.8 Å². The monoisotopic (exact) mass is 356 g/mol. The number of benzene rings is 1. The second kappa shape index (κ2) is 8.08. The Kier molecular flexibility index (Phi) is 5.61. The minimum Gasteiger partial charge on any atom is -0.491 e. The lowest BCUT2D eigenvalue weighted by Gasteiger charge is -2.17. The Morgan fingerprint density at radius 1 is 1.23 bits per heavy atom. The van der Waals surface area contributed by atoms with E-state index in [1.165, 1.54) is 0 Å². The van der Waals surface area contributed by atoms with Crippen molar-refractivity contribution in [2.45, 2.75) is 39.8 Å². The van der Waals surface area contributed by atoms with E-state index in [9.17, 15) is 9.59 Å². The Bertz CT molecular complexity index is 797. The quantitative estimate of drug-likeness (QED) is 0.894. The third-order valence-electron chi connectivity index (χ3n) is 4.45. The van der Waals surface area contributed by atoms with Gasteiger partial charge in [0.25, 0.3) is 0 Å². The Labute approximate surface area is 153 Å². The molecule has 1 aromatic carbocycles. The highest BCUT2D eigenvalue weighted by Gasteiger charge is 2.17. The number of rotatable bonds is 5. The van der Waals surface area contributed by atoms with Gasteiger partial charge in [-0.25, -0.2) is 0 Å². The number of ether oxygens (including phenoxy) is 1. The van der Waals surface area contributed by atoms with E-state index < -0.39 is 0 Å². The van der Waals surface area contributed by atoms with Crippen LogP contribution in [0.2, 0.25) is 0 Å². The average molecular weight is 356 g/mol. The lowest BCUT2D eigenvalue weighted by molar-refractivity contribution is -0.129. The van der Waals surface area contributed by atoms with Crippen LogP contribution in [0.1, 0.15) is 36.0 Å². The molecule has 0 fully saturated rings. The first-order valence-electron chi connectivity index (χ1n) is 8.83. The molecule has 2 amide bonds. The van der Waals surface area contributed by atoms with E-state index in [0.717, 1.165) is 28.4 Å². The number of fused-ring (bicyclic) bond motifs is 1. The van der Waals surface area contributed by atoms with Crippen LogP contribution >= 0.6 is 0 Å². The van der Waals surface area contributed by atoms with Crippen molar-refractivity contribution in [1.82, 2.24) is 10.2 Å². The lowest BCUT2D eigenvalue weighted by atomic mass is 10.0. The summed E-state index contributed by atoms with van der Waals surface area (Å²) in [6.07, 6.45) is 1.03. The molecule has 2 heterocycles. The van der Waals surface area contributed by atoms with Crippen LogP contribution in [0.25, 0.3) is 0 Å². The molecular formula is C20H24N2O4. The molecule has 0 bridgehead atoms. The fourth-order valence-electron chi connectivity index (χ4n) is 2.98. The molecule has 26 heavy (non-hydrogen) atoms. The number of aryl methyl sites for hydroxylation is 2. The van der Waals surface area contributed by atoms with Crippen LogP contribution in [-0.4, -0.2) is 29.9 Å². The topological polar surface area (TPSA) is 71.8 Å². The first kappa shape index (κ1) is 18.0. The molecule has 2 aromatic rings. The van der Waals surface area contributed by atoms with E-state index in [1.807, 2.05) is 37.3 Å². The Morgan fingerprint density at radius 3 is 2.81 bits per heavy atom. The highest BCUT2D eigenvalue weighted by atomic mass is 16.5. The van der Waals surface area contributed by atoms with Crippen LogP contribution in [-0.2, 0) is 29.1 Å². The molecule has 1 aliphatic heterocycles. The fraction of sp³-hybridized carbons (Fsp3) is 0.400.